The summed E-state index contributed by atoms with van der Waals surface area (Å²) >= 11 is 0. The molecule has 0 aromatic heterocycles. The summed E-state index contributed by atoms with van der Waals surface area (Å²) in [6.45, 7) is 1.25. The zero-order valence-corrected chi connectivity index (χ0v) is 16.5. The maximum absolute atomic E-state index is 13.2. The molecule has 2 rings (SSSR count). The van der Waals surface area contributed by atoms with Crippen LogP contribution in [0.3, 0.4) is 0 Å². The standard InChI is InChI=1S/C17H24F4N4O2S/c1-22-16(23-10-12-5-7-25(8-6-12)28(2,26)27)24-11-13-3-4-14(18)9-15(13)17(19,20)21/h3-4,9,12H,5-8,10-11H2,1-2H3,(H2,22,23,24). The molecule has 11 heteroatoms. The van der Waals surface area contributed by atoms with Gasteiger partial charge in [-0.05, 0) is 36.5 Å². The number of aliphatic imine (C=N–C) groups is 1. The van der Waals surface area contributed by atoms with E-state index in [0.717, 1.165) is 12.1 Å². The molecule has 1 aromatic carbocycles. The molecule has 0 bridgehead atoms. The summed E-state index contributed by atoms with van der Waals surface area (Å²) in [7, 11) is -1.69. The Labute approximate surface area is 162 Å². The van der Waals surface area contributed by atoms with Crippen molar-refractivity contribution in [2.75, 3.05) is 32.9 Å². The number of hydrogen-bond acceptors (Lipinski definition) is 3. The molecule has 0 aliphatic carbocycles. The molecule has 1 aliphatic rings. The Hall–Kier alpha value is -1.88. The van der Waals surface area contributed by atoms with Crippen LogP contribution in [0, 0.1) is 11.7 Å². The van der Waals surface area contributed by atoms with Gasteiger partial charge in [-0.25, -0.2) is 17.1 Å². The van der Waals surface area contributed by atoms with Crippen LogP contribution >= 0.6 is 0 Å². The maximum atomic E-state index is 13.2. The number of nitrogens with zero attached hydrogens (tertiary/aromatic N) is 2. The van der Waals surface area contributed by atoms with Gasteiger partial charge in [0.15, 0.2) is 5.96 Å². The number of hydrogen-bond donors (Lipinski definition) is 2. The molecule has 158 valence electrons. The quantitative estimate of drug-likeness (QED) is 0.432. The molecule has 0 spiro atoms. The number of alkyl halides is 3. The Balaban J connectivity index is 1.88. The Morgan fingerprint density at radius 1 is 1.25 bits per heavy atom. The lowest BCUT2D eigenvalue weighted by Crippen LogP contribution is -2.43. The predicted molar refractivity (Wildman–Crippen MR) is 98.7 cm³/mol. The molecule has 0 saturated carbocycles. The van der Waals surface area contributed by atoms with Gasteiger partial charge in [0.1, 0.15) is 5.82 Å². The molecule has 1 fully saturated rings. The molecule has 0 radical (unpaired) electrons. The molecule has 0 unspecified atom stereocenters. The molecule has 1 saturated heterocycles. The van der Waals surface area contributed by atoms with E-state index in [-0.39, 0.29) is 18.0 Å². The SMILES string of the molecule is CN=C(NCc1ccc(F)cc1C(F)(F)F)NCC1CCN(S(C)(=O)=O)CC1. The van der Waals surface area contributed by atoms with Gasteiger partial charge >= 0.3 is 6.18 Å². The average Bonchev–Trinajstić information content (AvgIpc) is 2.61. The van der Waals surface area contributed by atoms with Crippen LogP contribution in [0.15, 0.2) is 23.2 Å². The van der Waals surface area contributed by atoms with Gasteiger partial charge in [-0.15, -0.1) is 0 Å². The van der Waals surface area contributed by atoms with Crippen LogP contribution in [-0.4, -0.2) is 51.6 Å². The van der Waals surface area contributed by atoms with E-state index in [1.165, 1.54) is 17.6 Å². The minimum Gasteiger partial charge on any atom is -0.356 e. The summed E-state index contributed by atoms with van der Waals surface area (Å²) in [5, 5.41) is 5.85. The summed E-state index contributed by atoms with van der Waals surface area (Å²) in [5.41, 5.74) is -1.11. The van der Waals surface area contributed by atoms with E-state index in [9.17, 15) is 26.0 Å². The highest BCUT2D eigenvalue weighted by molar-refractivity contribution is 7.88. The zero-order valence-electron chi connectivity index (χ0n) is 15.7. The second kappa shape index (κ2) is 9.08. The van der Waals surface area contributed by atoms with E-state index < -0.39 is 27.6 Å². The van der Waals surface area contributed by atoms with Crippen molar-refractivity contribution < 1.29 is 26.0 Å². The molecule has 0 amide bonds. The van der Waals surface area contributed by atoms with Crippen molar-refractivity contribution in [1.82, 2.24) is 14.9 Å². The second-order valence-corrected chi connectivity index (χ2v) is 8.69. The molecule has 28 heavy (non-hydrogen) atoms. The van der Waals surface area contributed by atoms with Crippen LogP contribution in [0.1, 0.15) is 24.0 Å². The highest BCUT2D eigenvalue weighted by Gasteiger charge is 2.33. The van der Waals surface area contributed by atoms with Crippen molar-refractivity contribution in [3.05, 3.63) is 35.1 Å². The first-order chi connectivity index (χ1) is 13.0. The van der Waals surface area contributed by atoms with Crippen LogP contribution in [0.4, 0.5) is 17.6 Å². The third-order valence-corrected chi connectivity index (χ3v) is 5.95. The fourth-order valence-electron chi connectivity index (χ4n) is 3.05. The predicted octanol–water partition coefficient (Wildman–Crippen LogP) is 2.18. The molecule has 1 aliphatic heterocycles. The second-order valence-electron chi connectivity index (χ2n) is 6.71. The van der Waals surface area contributed by atoms with E-state index in [1.807, 2.05) is 0 Å². The number of sulfonamides is 1. The van der Waals surface area contributed by atoms with Crippen LogP contribution in [0.5, 0.6) is 0 Å². The lowest BCUT2D eigenvalue weighted by molar-refractivity contribution is -0.138. The van der Waals surface area contributed by atoms with E-state index in [2.05, 4.69) is 15.6 Å². The minimum absolute atomic E-state index is 0.0849. The normalized spacial score (nSPS) is 17.6. The molecule has 1 aromatic rings. The number of guanidine groups is 1. The van der Waals surface area contributed by atoms with Gasteiger partial charge in [0.2, 0.25) is 10.0 Å². The van der Waals surface area contributed by atoms with Crippen molar-refractivity contribution in [3.63, 3.8) is 0 Å². The van der Waals surface area contributed by atoms with Gasteiger partial charge in [-0.3, -0.25) is 4.99 Å². The fourth-order valence-corrected chi connectivity index (χ4v) is 3.93. The summed E-state index contributed by atoms with van der Waals surface area (Å²) in [6, 6.07) is 2.56. The molecular weight excluding hydrogens is 400 g/mol. The van der Waals surface area contributed by atoms with Gasteiger partial charge in [0.25, 0.3) is 0 Å². The van der Waals surface area contributed by atoms with E-state index in [1.54, 1.807) is 0 Å². The van der Waals surface area contributed by atoms with Gasteiger partial charge < -0.3 is 10.6 Å². The minimum atomic E-state index is -4.65. The fraction of sp³-hybridized carbons (Fsp3) is 0.588. The first kappa shape index (κ1) is 22.4. The Bertz CT molecular complexity index is 804. The number of benzene rings is 1. The molecule has 2 N–H and O–H groups in total. The van der Waals surface area contributed by atoms with Crippen molar-refractivity contribution in [2.24, 2.45) is 10.9 Å². The van der Waals surface area contributed by atoms with Crippen molar-refractivity contribution in [2.45, 2.75) is 25.6 Å². The Morgan fingerprint density at radius 2 is 1.89 bits per heavy atom. The third-order valence-electron chi connectivity index (χ3n) is 4.65. The Kier molecular flexibility index (Phi) is 7.27. The molecular formula is C17H24F4N4O2S. The van der Waals surface area contributed by atoms with Gasteiger partial charge in [0, 0.05) is 33.2 Å². The molecule has 6 nitrogen and oxygen atoms in total. The third kappa shape index (κ3) is 6.33. The highest BCUT2D eigenvalue weighted by Crippen LogP contribution is 2.32. The zero-order chi connectivity index (χ0) is 20.9. The topological polar surface area (TPSA) is 73.8 Å². The van der Waals surface area contributed by atoms with Gasteiger partial charge in [-0.2, -0.15) is 13.2 Å². The summed E-state index contributed by atoms with van der Waals surface area (Å²) in [5.74, 6) is -0.393. The summed E-state index contributed by atoms with van der Waals surface area (Å²) < 4.78 is 76.8. The van der Waals surface area contributed by atoms with Gasteiger partial charge in [-0.1, -0.05) is 6.07 Å². The van der Waals surface area contributed by atoms with Crippen molar-refractivity contribution in [3.8, 4) is 0 Å². The van der Waals surface area contributed by atoms with Crippen LogP contribution in [-0.2, 0) is 22.7 Å². The van der Waals surface area contributed by atoms with Crippen LogP contribution in [0.25, 0.3) is 0 Å². The average molecular weight is 424 g/mol. The van der Waals surface area contributed by atoms with Crippen molar-refractivity contribution in [1.29, 1.82) is 0 Å². The van der Waals surface area contributed by atoms with Crippen LogP contribution < -0.4 is 10.6 Å². The lowest BCUT2D eigenvalue weighted by Gasteiger charge is -2.30. The molecule has 1 heterocycles. The number of piperidine rings is 1. The highest BCUT2D eigenvalue weighted by atomic mass is 32.2. The van der Waals surface area contributed by atoms with Crippen LogP contribution in [0.2, 0.25) is 0 Å². The number of halogens is 4. The first-order valence-electron chi connectivity index (χ1n) is 8.76. The number of nitrogens with one attached hydrogen (secondary N) is 2. The first-order valence-corrected chi connectivity index (χ1v) is 10.6. The largest absolute Gasteiger partial charge is 0.416 e. The smallest absolute Gasteiger partial charge is 0.356 e. The summed E-state index contributed by atoms with van der Waals surface area (Å²) in [6.07, 6.45) is -2.09. The van der Waals surface area contributed by atoms with Gasteiger partial charge in [0.05, 0.1) is 11.8 Å². The van der Waals surface area contributed by atoms with E-state index in [4.69, 9.17) is 0 Å². The van der Waals surface area contributed by atoms with E-state index >= 15 is 0 Å². The number of rotatable bonds is 5. The monoisotopic (exact) mass is 424 g/mol. The maximum Gasteiger partial charge on any atom is 0.416 e. The van der Waals surface area contributed by atoms with Crippen molar-refractivity contribution >= 4 is 16.0 Å². The lowest BCUT2D eigenvalue weighted by atomic mass is 9.98. The van der Waals surface area contributed by atoms with E-state index in [0.29, 0.717) is 44.5 Å². The molecule has 0 atom stereocenters. The Morgan fingerprint density at radius 3 is 2.43 bits per heavy atom. The summed E-state index contributed by atoms with van der Waals surface area (Å²) in [4.78, 5) is 3.98.